The van der Waals surface area contributed by atoms with E-state index in [-0.39, 0.29) is 0 Å². The molecule has 0 aliphatic rings. The molecule has 0 saturated heterocycles. The van der Waals surface area contributed by atoms with Gasteiger partial charge < -0.3 is 5.32 Å². The van der Waals surface area contributed by atoms with Crippen molar-refractivity contribution in [1.82, 2.24) is 10.2 Å². The van der Waals surface area contributed by atoms with Crippen molar-refractivity contribution in [2.45, 2.75) is 26.4 Å². The van der Waals surface area contributed by atoms with E-state index in [0.717, 1.165) is 6.54 Å². The number of hydrogen-bond donors (Lipinski definition) is 1. The van der Waals surface area contributed by atoms with Crippen LogP contribution in [0.2, 0.25) is 0 Å². The van der Waals surface area contributed by atoms with Crippen molar-refractivity contribution in [3.05, 3.63) is 0 Å². The summed E-state index contributed by atoms with van der Waals surface area (Å²) in [5, 5.41) is 3.36. The predicted molar refractivity (Wildman–Crippen MR) is 41.4 cm³/mol. The van der Waals surface area contributed by atoms with Crippen LogP contribution in [0, 0.1) is 0 Å². The Morgan fingerprint density at radius 2 is 1.89 bits per heavy atom. The van der Waals surface area contributed by atoms with E-state index in [4.69, 9.17) is 0 Å². The quantitative estimate of drug-likeness (QED) is 0.569. The zero-order valence-corrected chi connectivity index (χ0v) is 6.94. The van der Waals surface area contributed by atoms with Crippen LogP contribution in [0.1, 0.15) is 20.3 Å². The van der Waals surface area contributed by atoms with Crippen molar-refractivity contribution >= 4 is 0 Å². The van der Waals surface area contributed by atoms with Crippen LogP contribution in [0.5, 0.6) is 0 Å². The van der Waals surface area contributed by atoms with Gasteiger partial charge in [-0.05, 0) is 27.1 Å². The van der Waals surface area contributed by atoms with Crippen LogP contribution >= 0.6 is 0 Å². The zero-order chi connectivity index (χ0) is 7.28. The molecular weight excluding hydrogens is 112 g/mol. The summed E-state index contributed by atoms with van der Waals surface area (Å²) in [5.74, 6) is 0. The maximum absolute atomic E-state index is 3.36. The predicted octanol–water partition coefficient (Wildman–Crippen LogP) is 0.894. The third-order valence-corrected chi connectivity index (χ3v) is 1.45. The highest BCUT2D eigenvalue weighted by Gasteiger charge is 2.03. The Kier molecular flexibility index (Phi) is 4.72. The van der Waals surface area contributed by atoms with E-state index in [1.54, 1.807) is 0 Å². The summed E-state index contributed by atoms with van der Waals surface area (Å²) in [4.78, 5) is 2.20. The number of hydrogen-bond acceptors (Lipinski definition) is 2. The van der Waals surface area contributed by atoms with Crippen LogP contribution in [-0.2, 0) is 0 Å². The average molecular weight is 130 g/mol. The topological polar surface area (TPSA) is 15.3 Å². The first-order valence-corrected chi connectivity index (χ1v) is 3.62. The van der Waals surface area contributed by atoms with Gasteiger partial charge in [-0.3, -0.25) is 4.90 Å². The molecule has 0 fully saturated rings. The van der Waals surface area contributed by atoms with E-state index in [0.29, 0.717) is 6.17 Å². The van der Waals surface area contributed by atoms with Gasteiger partial charge >= 0.3 is 0 Å². The summed E-state index contributed by atoms with van der Waals surface area (Å²) in [7, 11) is 4.19. The van der Waals surface area contributed by atoms with Gasteiger partial charge in [0, 0.05) is 0 Å². The first kappa shape index (κ1) is 8.92. The van der Waals surface area contributed by atoms with Crippen LogP contribution in [-0.4, -0.2) is 31.7 Å². The van der Waals surface area contributed by atoms with Crippen molar-refractivity contribution in [1.29, 1.82) is 0 Å². The molecule has 1 atom stereocenters. The standard InChI is InChI=1S/C7H18N2/c1-5-7(8-6-2)9(3)4/h7-8H,5-6H2,1-4H3. The van der Waals surface area contributed by atoms with Gasteiger partial charge in [0.1, 0.15) is 0 Å². The molecule has 2 nitrogen and oxygen atoms in total. The summed E-state index contributed by atoms with van der Waals surface area (Å²) < 4.78 is 0. The molecule has 0 spiro atoms. The largest absolute Gasteiger partial charge is 0.302 e. The molecule has 0 bridgehead atoms. The Morgan fingerprint density at radius 1 is 1.33 bits per heavy atom. The molecule has 0 radical (unpaired) electrons. The highest BCUT2D eigenvalue weighted by molar-refractivity contribution is 4.58. The van der Waals surface area contributed by atoms with Crippen LogP contribution in [0.3, 0.4) is 0 Å². The summed E-state index contributed by atoms with van der Waals surface area (Å²) in [5.41, 5.74) is 0. The maximum Gasteiger partial charge on any atom is 0.0589 e. The molecule has 0 heterocycles. The van der Waals surface area contributed by atoms with E-state index in [2.05, 4.69) is 38.2 Å². The second kappa shape index (κ2) is 4.77. The molecule has 0 rings (SSSR count). The van der Waals surface area contributed by atoms with Crippen molar-refractivity contribution in [3.8, 4) is 0 Å². The van der Waals surface area contributed by atoms with Crippen LogP contribution in [0.4, 0.5) is 0 Å². The monoisotopic (exact) mass is 130 g/mol. The highest BCUT2D eigenvalue weighted by atomic mass is 15.2. The lowest BCUT2D eigenvalue weighted by atomic mass is 10.3. The van der Waals surface area contributed by atoms with E-state index < -0.39 is 0 Å². The van der Waals surface area contributed by atoms with Crippen molar-refractivity contribution in [2.24, 2.45) is 0 Å². The molecular formula is C7H18N2. The second-order valence-electron chi connectivity index (χ2n) is 2.45. The molecule has 56 valence electrons. The van der Waals surface area contributed by atoms with Crippen LogP contribution < -0.4 is 5.32 Å². The maximum atomic E-state index is 3.36. The zero-order valence-electron chi connectivity index (χ0n) is 6.94. The first-order valence-electron chi connectivity index (χ1n) is 3.62. The van der Waals surface area contributed by atoms with Crippen molar-refractivity contribution < 1.29 is 0 Å². The summed E-state index contributed by atoms with van der Waals surface area (Å²) in [6.07, 6.45) is 1.72. The molecule has 0 aromatic carbocycles. The minimum Gasteiger partial charge on any atom is -0.302 e. The van der Waals surface area contributed by atoms with Gasteiger partial charge in [0.25, 0.3) is 0 Å². The molecule has 0 aromatic rings. The number of rotatable bonds is 4. The fourth-order valence-corrected chi connectivity index (χ4v) is 0.928. The molecule has 0 saturated carbocycles. The first-order chi connectivity index (χ1) is 4.22. The Labute approximate surface area is 58.2 Å². The SMILES string of the molecule is CCNC(CC)N(C)C. The normalized spacial score (nSPS) is 14.3. The van der Waals surface area contributed by atoms with E-state index in [9.17, 15) is 0 Å². The minimum atomic E-state index is 0.551. The summed E-state index contributed by atoms with van der Waals surface area (Å²) in [6.45, 7) is 5.37. The Balaban J connectivity index is 3.41. The fraction of sp³-hybridized carbons (Fsp3) is 1.00. The molecule has 0 aromatic heterocycles. The van der Waals surface area contributed by atoms with Gasteiger partial charge in [-0.1, -0.05) is 13.8 Å². The van der Waals surface area contributed by atoms with Gasteiger partial charge in [-0.25, -0.2) is 0 Å². The van der Waals surface area contributed by atoms with Gasteiger partial charge in [0.15, 0.2) is 0 Å². The Hall–Kier alpha value is -0.0800. The lowest BCUT2D eigenvalue weighted by molar-refractivity contribution is 0.243. The second-order valence-corrected chi connectivity index (χ2v) is 2.45. The third-order valence-electron chi connectivity index (χ3n) is 1.45. The van der Waals surface area contributed by atoms with Crippen molar-refractivity contribution in [3.63, 3.8) is 0 Å². The van der Waals surface area contributed by atoms with Gasteiger partial charge in [0.2, 0.25) is 0 Å². The van der Waals surface area contributed by atoms with Gasteiger partial charge in [-0.2, -0.15) is 0 Å². The molecule has 0 aliphatic carbocycles. The lowest BCUT2D eigenvalue weighted by Crippen LogP contribution is -2.40. The minimum absolute atomic E-state index is 0.551. The van der Waals surface area contributed by atoms with E-state index in [1.165, 1.54) is 6.42 Å². The molecule has 0 amide bonds. The smallest absolute Gasteiger partial charge is 0.0589 e. The molecule has 1 N–H and O–H groups in total. The average Bonchev–Trinajstić information content (AvgIpc) is 1.82. The molecule has 1 unspecified atom stereocenters. The number of nitrogens with zero attached hydrogens (tertiary/aromatic N) is 1. The van der Waals surface area contributed by atoms with Crippen LogP contribution in [0.25, 0.3) is 0 Å². The number of nitrogens with one attached hydrogen (secondary N) is 1. The van der Waals surface area contributed by atoms with Gasteiger partial charge in [0.05, 0.1) is 6.17 Å². The van der Waals surface area contributed by atoms with E-state index in [1.807, 2.05) is 0 Å². The summed E-state index contributed by atoms with van der Waals surface area (Å²) >= 11 is 0. The molecule has 2 heteroatoms. The Bertz CT molecular complexity index is 61.9. The summed E-state index contributed by atoms with van der Waals surface area (Å²) in [6, 6.07) is 0. The molecule has 9 heavy (non-hydrogen) atoms. The van der Waals surface area contributed by atoms with E-state index >= 15 is 0 Å². The van der Waals surface area contributed by atoms with Gasteiger partial charge in [-0.15, -0.1) is 0 Å². The molecule has 0 aliphatic heterocycles. The van der Waals surface area contributed by atoms with Crippen LogP contribution in [0.15, 0.2) is 0 Å². The Morgan fingerprint density at radius 3 is 2.00 bits per heavy atom. The highest BCUT2D eigenvalue weighted by Crippen LogP contribution is 1.92. The fourth-order valence-electron chi connectivity index (χ4n) is 0.928. The lowest BCUT2D eigenvalue weighted by Gasteiger charge is -2.23. The van der Waals surface area contributed by atoms with Crippen molar-refractivity contribution in [2.75, 3.05) is 20.6 Å². The third kappa shape index (κ3) is 3.49.